The lowest BCUT2D eigenvalue weighted by molar-refractivity contribution is -0.120. The summed E-state index contributed by atoms with van der Waals surface area (Å²) in [5, 5.41) is 0.720. The van der Waals surface area contributed by atoms with E-state index in [0.29, 0.717) is 6.42 Å². The van der Waals surface area contributed by atoms with Crippen molar-refractivity contribution in [1.82, 2.24) is 0 Å². The molecule has 0 radical (unpaired) electrons. The van der Waals surface area contributed by atoms with Crippen LogP contribution >= 0.6 is 11.6 Å². The van der Waals surface area contributed by atoms with Crippen molar-refractivity contribution in [3.63, 3.8) is 0 Å². The minimum absolute atomic E-state index is 0.246. The Morgan fingerprint density at radius 3 is 2.52 bits per heavy atom. The lowest BCUT2D eigenvalue weighted by Gasteiger charge is -2.17. The zero-order chi connectivity index (χ0) is 20.0. The third-order valence-electron chi connectivity index (χ3n) is 6.16. The quantitative estimate of drug-likeness (QED) is 0.532. The van der Waals surface area contributed by atoms with Gasteiger partial charge in [0.05, 0.1) is 5.41 Å². The van der Waals surface area contributed by atoms with E-state index in [0.717, 1.165) is 57.2 Å². The molecule has 1 heterocycles. The number of Topliss-reactive ketones (excluding diaryl/α,β-unsaturated/α-hetero) is 1. The van der Waals surface area contributed by atoms with Crippen molar-refractivity contribution in [3.8, 4) is 22.6 Å². The topological polar surface area (TPSA) is 35.5 Å². The second-order valence-electron chi connectivity index (χ2n) is 7.85. The van der Waals surface area contributed by atoms with E-state index in [1.807, 2.05) is 48.5 Å². The van der Waals surface area contributed by atoms with E-state index in [4.69, 9.17) is 21.1 Å². The lowest BCUT2D eigenvalue weighted by Crippen LogP contribution is -2.23. The molecule has 2 aliphatic rings. The number of hydrogen-bond acceptors (Lipinski definition) is 3. The Morgan fingerprint density at radius 1 is 1.00 bits per heavy atom. The highest BCUT2D eigenvalue weighted by Crippen LogP contribution is 2.51. The minimum Gasteiger partial charge on any atom is -0.454 e. The Kier molecular flexibility index (Phi) is 4.36. The van der Waals surface area contributed by atoms with Gasteiger partial charge < -0.3 is 9.47 Å². The molecule has 0 saturated heterocycles. The normalized spacial score (nSPS) is 15.9. The fraction of sp³-hybridized carbons (Fsp3) is 0.240. The molecule has 5 rings (SSSR count). The number of halogens is 1. The summed E-state index contributed by atoms with van der Waals surface area (Å²) >= 11 is 6.03. The van der Waals surface area contributed by atoms with Crippen LogP contribution in [0.2, 0.25) is 5.02 Å². The molecule has 1 aliphatic carbocycles. The van der Waals surface area contributed by atoms with Crippen LogP contribution in [0.4, 0.5) is 0 Å². The first-order valence-electron chi connectivity index (χ1n) is 9.85. The number of carbonyl (C=O) groups is 1. The largest absolute Gasteiger partial charge is 0.454 e. The Labute approximate surface area is 175 Å². The summed E-state index contributed by atoms with van der Waals surface area (Å²) in [5.74, 6) is 1.76. The van der Waals surface area contributed by atoms with Crippen molar-refractivity contribution in [2.45, 2.75) is 31.6 Å². The summed E-state index contributed by atoms with van der Waals surface area (Å²) in [6.45, 7) is 2.34. The van der Waals surface area contributed by atoms with Crippen LogP contribution in [-0.2, 0) is 16.6 Å². The molecule has 1 aliphatic heterocycles. The molecule has 0 unspecified atom stereocenters. The molecule has 0 spiro atoms. The molecule has 3 aromatic carbocycles. The molecular formula is C25H21ClO3. The fourth-order valence-electron chi connectivity index (χ4n) is 4.21. The van der Waals surface area contributed by atoms with E-state index >= 15 is 0 Å². The van der Waals surface area contributed by atoms with Crippen molar-refractivity contribution in [2.75, 3.05) is 6.79 Å². The number of ketones is 1. The number of benzene rings is 3. The van der Waals surface area contributed by atoms with Crippen LogP contribution < -0.4 is 9.47 Å². The molecule has 0 N–H and O–H groups in total. The summed E-state index contributed by atoms with van der Waals surface area (Å²) in [6, 6.07) is 19.9. The summed E-state index contributed by atoms with van der Waals surface area (Å²) in [5.41, 5.74) is 5.12. The number of carbonyl (C=O) groups excluding carboxylic acids is 1. The second kappa shape index (κ2) is 6.93. The van der Waals surface area contributed by atoms with Gasteiger partial charge in [0.15, 0.2) is 11.5 Å². The zero-order valence-electron chi connectivity index (χ0n) is 16.2. The predicted octanol–water partition coefficient (Wildman–Crippen LogP) is 5.89. The Bertz CT molecular complexity index is 1100. The van der Waals surface area contributed by atoms with Crippen molar-refractivity contribution in [2.24, 2.45) is 0 Å². The van der Waals surface area contributed by atoms with Crippen molar-refractivity contribution in [3.05, 3.63) is 82.4 Å². The van der Waals surface area contributed by atoms with Gasteiger partial charge in [0.1, 0.15) is 5.78 Å². The van der Waals surface area contributed by atoms with E-state index in [9.17, 15) is 4.79 Å². The van der Waals surface area contributed by atoms with E-state index in [2.05, 4.69) is 19.1 Å². The van der Waals surface area contributed by atoms with E-state index in [1.54, 1.807) is 0 Å². The van der Waals surface area contributed by atoms with E-state index in [-0.39, 0.29) is 18.0 Å². The number of hydrogen-bond donors (Lipinski definition) is 0. The molecule has 1 saturated carbocycles. The molecule has 0 atom stereocenters. The maximum atomic E-state index is 13.4. The monoisotopic (exact) mass is 404 g/mol. The summed E-state index contributed by atoms with van der Waals surface area (Å²) in [6.07, 6.45) is 2.21. The van der Waals surface area contributed by atoms with Crippen LogP contribution in [0.25, 0.3) is 11.1 Å². The van der Waals surface area contributed by atoms with Crippen molar-refractivity contribution >= 4 is 17.4 Å². The summed E-state index contributed by atoms with van der Waals surface area (Å²) < 4.78 is 10.9. The first-order valence-corrected chi connectivity index (χ1v) is 10.2. The van der Waals surface area contributed by atoms with Crippen LogP contribution in [0, 0.1) is 6.92 Å². The lowest BCUT2D eigenvalue weighted by atomic mass is 9.86. The molecule has 0 amide bonds. The average molecular weight is 405 g/mol. The van der Waals surface area contributed by atoms with Gasteiger partial charge in [-0.3, -0.25) is 4.79 Å². The average Bonchev–Trinajstić information content (AvgIpc) is 3.41. The van der Waals surface area contributed by atoms with Gasteiger partial charge >= 0.3 is 0 Å². The third-order valence-corrected chi connectivity index (χ3v) is 6.41. The maximum Gasteiger partial charge on any atom is 0.231 e. The van der Waals surface area contributed by atoms with Crippen LogP contribution in [0.5, 0.6) is 11.5 Å². The standard InChI is InChI=1S/C25H21ClO3/c1-16-18(3-2-4-21(16)17-5-8-20(26)9-6-17)13-24(27)25(11-12-25)19-7-10-22-23(14-19)29-15-28-22/h2-10,14H,11-13,15H2,1H3. The minimum atomic E-state index is -0.385. The molecule has 3 nitrogen and oxygen atoms in total. The SMILES string of the molecule is Cc1c(CC(=O)C2(c3ccc4c(c3)OCO4)CC2)cccc1-c1ccc(Cl)cc1. The molecule has 4 heteroatoms. The molecule has 29 heavy (non-hydrogen) atoms. The third kappa shape index (κ3) is 3.20. The highest BCUT2D eigenvalue weighted by molar-refractivity contribution is 6.30. The zero-order valence-corrected chi connectivity index (χ0v) is 17.0. The van der Waals surface area contributed by atoms with Crippen molar-refractivity contribution < 1.29 is 14.3 Å². The van der Waals surface area contributed by atoms with Gasteiger partial charge in [-0.25, -0.2) is 0 Å². The Balaban J connectivity index is 1.42. The summed E-state index contributed by atoms with van der Waals surface area (Å²) in [4.78, 5) is 13.4. The highest BCUT2D eigenvalue weighted by atomic mass is 35.5. The number of fused-ring (bicyclic) bond motifs is 1. The molecule has 1 fully saturated rings. The van der Waals surface area contributed by atoms with E-state index < -0.39 is 0 Å². The predicted molar refractivity (Wildman–Crippen MR) is 114 cm³/mol. The number of rotatable bonds is 5. The molecule has 146 valence electrons. The van der Waals surface area contributed by atoms with Crippen LogP contribution in [0.3, 0.4) is 0 Å². The van der Waals surface area contributed by atoms with Gasteiger partial charge in [-0.1, -0.05) is 48.0 Å². The van der Waals surface area contributed by atoms with Gasteiger partial charge in [-0.05, 0) is 71.8 Å². The first-order chi connectivity index (χ1) is 14.1. The Morgan fingerprint density at radius 2 is 1.76 bits per heavy atom. The van der Waals surface area contributed by atoms with E-state index in [1.165, 1.54) is 0 Å². The number of ether oxygens (including phenoxy) is 2. The maximum absolute atomic E-state index is 13.4. The highest BCUT2D eigenvalue weighted by Gasteiger charge is 2.50. The van der Waals surface area contributed by atoms with Crippen LogP contribution in [0.15, 0.2) is 60.7 Å². The summed E-state index contributed by atoms with van der Waals surface area (Å²) in [7, 11) is 0. The molecular weight excluding hydrogens is 384 g/mol. The molecule has 0 aromatic heterocycles. The van der Waals surface area contributed by atoms with Gasteiger partial charge in [0.25, 0.3) is 0 Å². The smallest absolute Gasteiger partial charge is 0.231 e. The Hall–Kier alpha value is -2.78. The van der Waals surface area contributed by atoms with Gasteiger partial charge in [0, 0.05) is 11.4 Å². The first kappa shape index (κ1) is 18.3. The van der Waals surface area contributed by atoms with Gasteiger partial charge in [-0.2, -0.15) is 0 Å². The van der Waals surface area contributed by atoms with Crippen LogP contribution in [-0.4, -0.2) is 12.6 Å². The second-order valence-corrected chi connectivity index (χ2v) is 8.28. The molecule has 3 aromatic rings. The van der Waals surface area contributed by atoms with Gasteiger partial charge in [0.2, 0.25) is 6.79 Å². The van der Waals surface area contributed by atoms with Crippen LogP contribution in [0.1, 0.15) is 29.5 Å². The fourth-order valence-corrected chi connectivity index (χ4v) is 4.33. The van der Waals surface area contributed by atoms with Gasteiger partial charge in [-0.15, -0.1) is 0 Å². The van der Waals surface area contributed by atoms with Crippen molar-refractivity contribution in [1.29, 1.82) is 0 Å². The molecule has 0 bridgehead atoms.